The van der Waals surface area contributed by atoms with Gasteiger partial charge in [-0.2, -0.15) is 0 Å². The second-order valence-corrected chi connectivity index (χ2v) is 6.76. The molecule has 0 saturated carbocycles. The van der Waals surface area contributed by atoms with Crippen LogP contribution in [0.15, 0.2) is 30.5 Å². The van der Waals surface area contributed by atoms with Crippen molar-refractivity contribution in [1.82, 2.24) is 15.2 Å². The van der Waals surface area contributed by atoms with Crippen LogP contribution in [0.3, 0.4) is 0 Å². The van der Waals surface area contributed by atoms with E-state index in [4.69, 9.17) is 0 Å². The molecule has 0 aromatic carbocycles. The standard InChI is InChI=1S/C19H30N4O2/c1-22(2)11-5-7-19(25)21-15-16-8-9-18(20-14-16)23-12-4-3-6-17(23)10-13-24/h5,7-9,14,17,24H,3-4,6,10-13,15H2,1-2H3,(H,21,25)/b7-5+. The highest BCUT2D eigenvalue weighted by molar-refractivity contribution is 5.87. The van der Waals surface area contributed by atoms with Crippen molar-refractivity contribution in [1.29, 1.82) is 0 Å². The van der Waals surface area contributed by atoms with Crippen molar-refractivity contribution in [2.24, 2.45) is 0 Å². The third-order valence-corrected chi connectivity index (χ3v) is 4.40. The minimum absolute atomic E-state index is 0.0926. The number of carbonyl (C=O) groups is 1. The van der Waals surface area contributed by atoms with Crippen LogP contribution in [0.5, 0.6) is 0 Å². The average Bonchev–Trinajstić information content (AvgIpc) is 2.61. The second kappa shape index (κ2) is 10.2. The summed E-state index contributed by atoms with van der Waals surface area (Å²) in [5.74, 6) is 0.865. The van der Waals surface area contributed by atoms with E-state index in [1.54, 1.807) is 6.08 Å². The molecule has 1 saturated heterocycles. The summed E-state index contributed by atoms with van der Waals surface area (Å²) in [6, 6.07) is 4.40. The number of piperidine rings is 1. The largest absolute Gasteiger partial charge is 0.396 e. The zero-order valence-electron chi connectivity index (χ0n) is 15.3. The van der Waals surface area contributed by atoms with Crippen molar-refractivity contribution in [2.45, 2.75) is 38.3 Å². The molecule has 1 aliphatic heterocycles. The minimum Gasteiger partial charge on any atom is -0.396 e. The summed E-state index contributed by atoms with van der Waals surface area (Å²) >= 11 is 0. The first-order valence-corrected chi connectivity index (χ1v) is 9.01. The van der Waals surface area contributed by atoms with E-state index in [1.165, 1.54) is 12.8 Å². The molecule has 2 rings (SSSR count). The van der Waals surface area contributed by atoms with Gasteiger partial charge < -0.3 is 20.2 Å². The Morgan fingerprint density at radius 3 is 2.96 bits per heavy atom. The summed E-state index contributed by atoms with van der Waals surface area (Å²) in [4.78, 5) is 20.6. The molecule has 6 nitrogen and oxygen atoms in total. The van der Waals surface area contributed by atoms with Gasteiger partial charge in [-0.25, -0.2) is 4.98 Å². The highest BCUT2D eigenvalue weighted by Crippen LogP contribution is 2.24. The van der Waals surface area contributed by atoms with Crippen LogP contribution in [0.25, 0.3) is 0 Å². The Bertz CT molecular complexity index is 555. The quantitative estimate of drug-likeness (QED) is 0.699. The molecule has 2 heterocycles. The van der Waals surface area contributed by atoms with Gasteiger partial charge >= 0.3 is 0 Å². The van der Waals surface area contributed by atoms with E-state index in [0.717, 1.165) is 37.3 Å². The third kappa shape index (κ3) is 6.48. The molecule has 1 atom stereocenters. The second-order valence-electron chi connectivity index (χ2n) is 6.76. The van der Waals surface area contributed by atoms with E-state index in [1.807, 2.05) is 43.4 Å². The van der Waals surface area contributed by atoms with Gasteiger partial charge in [-0.1, -0.05) is 12.1 Å². The number of likely N-dealkylation sites (N-methyl/N-ethyl adjacent to an activating group) is 1. The Morgan fingerprint density at radius 2 is 2.28 bits per heavy atom. The maximum Gasteiger partial charge on any atom is 0.243 e. The highest BCUT2D eigenvalue weighted by Gasteiger charge is 2.22. The lowest BCUT2D eigenvalue weighted by atomic mass is 9.99. The molecule has 1 aliphatic rings. The molecule has 138 valence electrons. The van der Waals surface area contributed by atoms with E-state index < -0.39 is 0 Å². The fourth-order valence-corrected chi connectivity index (χ4v) is 3.06. The monoisotopic (exact) mass is 346 g/mol. The van der Waals surface area contributed by atoms with Gasteiger partial charge in [0, 0.05) is 44.6 Å². The zero-order chi connectivity index (χ0) is 18.1. The van der Waals surface area contributed by atoms with Crippen molar-refractivity contribution in [2.75, 3.05) is 38.7 Å². The topological polar surface area (TPSA) is 68.7 Å². The summed E-state index contributed by atoms with van der Waals surface area (Å²) in [7, 11) is 3.92. The van der Waals surface area contributed by atoms with Crippen LogP contribution >= 0.6 is 0 Å². The predicted molar refractivity (Wildman–Crippen MR) is 100 cm³/mol. The molecule has 25 heavy (non-hydrogen) atoms. The van der Waals surface area contributed by atoms with E-state index in [9.17, 15) is 9.90 Å². The number of hydrogen-bond donors (Lipinski definition) is 2. The molecule has 1 aromatic heterocycles. The third-order valence-electron chi connectivity index (χ3n) is 4.40. The molecule has 6 heteroatoms. The Kier molecular flexibility index (Phi) is 7.88. The van der Waals surface area contributed by atoms with Gasteiger partial charge in [0.1, 0.15) is 5.82 Å². The molecule has 2 N–H and O–H groups in total. The molecule has 1 unspecified atom stereocenters. The number of rotatable bonds is 8. The fraction of sp³-hybridized carbons (Fsp3) is 0.579. The number of hydrogen-bond acceptors (Lipinski definition) is 5. The van der Waals surface area contributed by atoms with Crippen molar-refractivity contribution in [3.05, 3.63) is 36.0 Å². The highest BCUT2D eigenvalue weighted by atomic mass is 16.3. The minimum atomic E-state index is -0.0926. The molecule has 1 amide bonds. The lowest BCUT2D eigenvalue weighted by Gasteiger charge is -2.36. The van der Waals surface area contributed by atoms with E-state index in [2.05, 4.69) is 15.2 Å². The Balaban J connectivity index is 1.86. The lowest BCUT2D eigenvalue weighted by Crippen LogP contribution is -2.40. The molecule has 1 aromatic rings. The Labute approximate surface area is 150 Å². The summed E-state index contributed by atoms with van der Waals surface area (Å²) in [5.41, 5.74) is 0.980. The van der Waals surface area contributed by atoms with Crippen LogP contribution in [-0.2, 0) is 11.3 Å². The van der Waals surface area contributed by atoms with Crippen LogP contribution in [-0.4, -0.2) is 60.7 Å². The molecule has 0 bridgehead atoms. The van der Waals surface area contributed by atoms with Crippen molar-refractivity contribution in [3.8, 4) is 0 Å². The SMILES string of the molecule is CN(C)C/C=C/C(=O)NCc1ccc(N2CCCCC2CCO)nc1. The summed E-state index contributed by atoms with van der Waals surface area (Å²) in [5, 5.41) is 12.1. The zero-order valence-corrected chi connectivity index (χ0v) is 15.3. The first-order valence-electron chi connectivity index (χ1n) is 9.01. The number of nitrogens with zero attached hydrogens (tertiary/aromatic N) is 3. The lowest BCUT2D eigenvalue weighted by molar-refractivity contribution is -0.116. The number of anilines is 1. The average molecular weight is 346 g/mol. The molecular weight excluding hydrogens is 316 g/mol. The van der Waals surface area contributed by atoms with Crippen LogP contribution in [0.1, 0.15) is 31.2 Å². The van der Waals surface area contributed by atoms with Gasteiger partial charge in [-0.05, 0) is 51.4 Å². The number of carbonyl (C=O) groups excluding carboxylic acids is 1. The number of pyridine rings is 1. The van der Waals surface area contributed by atoms with Gasteiger partial charge in [0.2, 0.25) is 5.91 Å². The smallest absolute Gasteiger partial charge is 0.243 e. The normalized spacial score (nSPS) is 18.1. The van der Waals surface area contributed by atoms with Crippen molar-refractivity contribution < 1.29 is 9.90 Å². The molecule has 0 spiro atoms. The van der Waals surface area contributed by atoms with Crippen molar-refractivity contribution in [3.63, 3.8) is 0 Å². The molecule has 1 fully saturated rings. The molecule has 0 aliphatic carbocycles. The van der Waals surface area contributed by atoms with Gasteiger partial charge in [0.15, 0.2) is 0 Å². The van der Waals surface area contributed by atoms with Crippen LogP contribution in [0.4, 0.5) is 5.82 Å². The van der Waals surface area contributed by atoms with E-state index in [-0.39, 0.29) is 12.5 Å². The number of aromatic nitrogens is 1. The van der Waals surface area contributed by atoms with Crippen LogP contribution in [0.2, 0.25) is 0 Å². The van der Waals surface area contributed by atoms with Gasteiger partial charge in [-0.15, -0.1) is 0 Å². The summed E-state index contributed by atoms with van der Waals surface area (Å²) in [6.45, 7) is 2.42. The number of amides is 1. The maximum absolute atomic E-state index is 11.8. The molecular formula is C19H30N4O2. The van der Waals surface area contributed by atoms with E-state index >= 15 is 0 Å². The Hall–Kier alpha value is -1.92. The van der Waals surface area contributed by atoms with Gasteiger partial charge in [-0.3, -0.25) is 4.79 Å². The number of nitrogens with one attached hydrogen (secondary N) is 1. The number of aliphatic hydroxyl groups is 1. The van der Waals surface area contributed by atoms with E-state index in [0.29, 0.717) is 12.6 Å². The van der Waals surface area contributed by atoms with Crippen LogP contribution in [0, 0.1) is 0 Å². The number of aliphatic hydroxyl groups excluding tert-OH is 1. The summed E-state index contributed by atoms with van der Waals surface area (Å²) < 4.78 is 0. The molecule has 0 radical (unpaired) electrons. The Morgan fingerprint density at radius 1 is 1.44 bits per heavy atom. The summed E-state index contributed by atoms with van der Waals surface area (Å²) in [6.07, 6.45) is 9.51. The van der Waals surface area contributed by atoms with Crippen LogP contribution < -0.4 is 10.2 Å². The first kappa shape index (κ1) is 19.4. The van der Waals surface area contributed by atoms with Gasteiger partial charge in [0.25, 0.3) is 0 Å². The predicted octanol–water partition coefficient (Wildman–Crippen LogP) is 1.56. The maximum atomic E-state index is 11.8. The first-order chi connectivity index (χ1) is 12.1. The fourth-order valence-electron chi connectivity index (χ4n) is 3.06. The van der Waals surface area contributed by atoms with Gasteiger partial charge in [0.05, 0.1) is 0 Å². The van der Waals surface area contributed by atoms with Crippen molar-refractivity contribution >= 4 is 11.7 Å².